The minimum Gasteiger partial charge on any atom is -0.398 e. The van der Waals surface area contributed by atoms with E-state index in [0.29, 0.717) is 11.3 Å². The van der Waals surface area contributed by atoms with E-state index in [2.05, 4.69) is 0 Å². The van der Waals surface area contributed by atoms with E-state index in [1.165, 1.54) is 0 Å². The Labute approximate surface area is 58.6 Å². The van der Waals surface area contributed by atoms with Crippen LogP contribution in [0.25, 0.3) is 0 Å². The maximum atomic E-state index is 10.6. The van der Waals surface area contributed by atoms with Crippen LogP contribution >= 0.6 is 0 Å². The van der Waals surface area contributed by atoms with Gasteiger partial charge >= 0.3 is 0 Å². The highest BCUT2D eigenvalue weighted by atomic mass is 16.2. The van der Waals surface area contributed by atoms with Crippen LogP contribution in [0, 0.1) is 0 Å². The quantitative estimate of drug-likeness (QED) is 0.556. The number of nitrogens with two attached hydrogens (primary N) is 2. The van der Waals surface area contributed by atoms with Crippen molar-refractivity contribution in [3.05, 3.63) is 29.8 Å². The molecule has 0 aromatic heterocycles. The van der Waals surface area contributed by atoms with Crippen LogP contribution in [0.3, 0.4) is 0 Å². The summed E-state index contributed by atoms with van der Waals surface area (Å²) >= 11 is 0. The van der Waals surface area contributed by atoms with E-state index in [0.717, 1.165) is 0 Å². The lowest BCUT2D eigenvalue weighted by Gasteiger charge is -1.97. The van der Waals surface area contributed by atoms with Gasteiger partial charge in [0.05, 0.1) is 5.56 Å². The van der Waals surface area contributed by atoms with Gasteiger partial charge in [-0.3, -0.25) is 4.79 Å². The van der Waals surface area contributed by atoms with Crippen molar-refractivity contribution in [3.8, 4) is 0 Å². The van der Waals surface area contributed by atoms with Gasteiger partial charge < -0.3 is 11.5 Å². The fourth-order valence-corrected chi connectivity index (χ4v) is 0.721. The van der Waals surface area contributed by atoms with Crippen LogP contribution in [0.1, 0.15) is 10.4 Å². The monoisotopic (exact) mass is 142 g/mol. The van der Waals surface area contributed by atoms with Crippen LogP contribution in [-0.4, -0.2) is 5.91 Å². The Morgan fingerprint density at radius 2 is 1.90 bits per heavy atom. The molecule has 0 heterocycles. The van der Waals surface area contributed by atoms with E-state index < -0.39 is 5.91 Å². The number of rotatable bonds is 1. The molecule has 0 spiro atoms. The second-order valence-corrected chi connectivity index (χ2v) is 1.95. The first-order chi connectivity index (χ1) is 4.72. The SMILES string of the molecule is NC(=O)[13c]1[13cH][13cH][13cH][13cH][13c]1N. The minimum atomic E-state index is -0.488. The van der Waals surface area contributed by atoms with Gasteiger partial charge in [0, 0.05) is 5.69 Å². The lowest BCUT2D eigenvalue weighted by Crippen LogP contribution is -2.12. The van der Waals surface area contributed by atoms with Crippen LogP contribution < -0.4 is 11.5 Å². The fraction of sp³-hybridized carbons (Fsp3) is 0. The summed E-state index contributed by atoms with van der Waals surface area (Å²) in [5.41, 5.74) is 11.2. The Balaban J connectivity index is 3.15. The number of hydrogen-bond acceptors (Lipinski definition) is 2. The van der Waals surface area contributed by atoms with Gasteiger partial charge in [0.15, 0.2) is 0 Å². The lowest BCUT2D eigenvalue weighted by molar-refractivity contribution is 0.100. The van der Waals surface area contributed by atoms with Crippen molar-refractivity contribution >= 4 is 11.6 Å². The number of carbonyl (C=O) groups is 1. The number of nitrogen functional groups attached to an aromatic ring is 1. The molecule has 0 saturated heterocycles. The summed E-state index contributed by atoms with van der Waals surface area (Å²) in [6.07, 6.45) is 0. The molecule has 0 saturated carbocycles. The maximum absolute atomic E-state index is 10.6. The second kappa shape index (κ2) is 2.39. The van der Waals surface area contributed by atoms with E-state index in [1.807, 2.05) is 0 Å². The predicted molar refractivity (Wildman–Crippen MR) is 39.4 cm³/mol. The zero-order chi connectivity index (χ0) is 7.56. The number of anilines is 1. The molecule has 0 fully saturated rings. The van der Waals surface area contributed by atoms with E-state index in [1.54, 1.807) is 24.3 Å². The largest absolute Gasteiger partial charge is 0.398 e. The van der Waals surface area contributed by atoms with Crippen molar-refractivity contribution in [2.75, 3.05) is 5.73 Å². The summed E-state index contributed by atoms with van der Waals surface area (Å²) in [5.74, 6) is -0.488. The number of benzene rings is 1. The number of carbonyl (C=O) groups excluding carboxylic acids is 1. The Bertz CT molecular complexity index is 258. The van der Waals surface area contributed by atoms with Crippen LogP contribution in [0.5, 0.6) is 0 Å². The van der Waals surface area contributed by atoms with Crippen molar-refractivity contribution in [2.45, 2.75) is 0 Å². The summed E-state index contributed by atoms with van der Waals surface area (Å²) in [6.45, 7) is 0. The van der Waals surface area contributed by atoms with Gasteiger partial charge in [0.25, 0.3) is 5.91 Å². The summed E-state index contributed by atoms with van der Waals surface area (Å²) in [5, 5.41) is 0. The van der Waals surface area contributed by atoms with E-state index in [4.69, 9.17) is 11.5 Å². The molecule has 0 aliphatic rings. The molecule has 0 bridgehead atoms. The van der Waals surface area contributed by atoms with E-state index >= 15 is 0 Å². The Morgan fingerprint density at radius 1 is 1.30 bits per heavy atom. The summed E-state index contributed by atoms with van der Waals surface area (Å²) in [6, 6.07) is 6.70. The van der Waals surface area contributed by atoms with Gasteiger partial charge in [-0.2, -0.15) is 0 Å². The highest BCUT2D eigenvalue weighted by Crippen LogP contribution is 2.08. The van der Waals surface area contributed by atoms with Crippen LogP contribution in [0.15, 0.2) is 24.3 Å². The third-order valence-electron chi connectivity index (χ3n) is 1.23. The molecule has 1 aromatic carbocycles. The normalized spacial score (nSPS) is 9.20. The van der Waals surface area contributed by atoms with Gasteiger partial charge in [-0.15, -0.1) is 0 Å². The predicted octanol–water partition coefficient (Wildman–Crippen LogP) is 0.368. The first kappa shape index (κ1) is 6.61. The van der Waals surface area contributed by atoms with E-state index in [-0.39, 0.29) is 0 Å². The molecule has 10 heavy (non-hydrogen) atoms. The van der Waals surface area contributed by atoms with Gasteiger partial charge in [-0.25, -0.2) is 0 Å². The molecule has 4 N–H and O–H groups in total. The van der Waals surface area contributed by atoms with Gasteiger partial charge in [-0.05, 0) is 12.1 Å². The fourth-order valence-electron chi connectivity index (χ4n) is 0.721. The maximum Gasteiger partial charge on any atom is 0.250 e. The molecule has 0 aliphatic carbocycles. The Hall–Kier alpha value is -1.51. The van der Waals surface area contributed by atoms with Crippen LogP contribution in [0.4, 0.5) is 5.69 Å². The third kappa shape index (κ3) is 1.07. The van der Waals surface area contributed by atoms with Crippen molar-refractivity contribution in [1.29, 1.82) is 0 Å². The van der Waals surface area contributed by atoms with E-state index in [9.17, 15) is 4.79 Å². The smallest absolute Gasteiger partial charge is 0.250 e. The average Bonchev–Trinajstić information content (AvgIpc) is 1.88. The third-order valence-corrected chi connectivity index (χ3v) is 1.23. The molecule has 1 amide bonds. The summed E-state index contributed by atoms with van der Waals surface area (Å²) in [7, 11) is 0. The Morgan fingerprint density at radius 3 is 2.30 bits per heavy atom. The number of hydrogen-bond donors (Lipinski definition) is 2. The highest BCUT2D eigenvalue weighted by molar-refractivity contribution is 5.97. The van der Waals surface area contributed by atoms with Crippen molar-refractivity contribution in [3.63, 3.8) is 0 Å². The summed E-state index contributed by atoms with van der Waals surface area (Å²) in [4.78, 5) is 10.6. The second-order valence-electron chi connectivity index (χ2n) is 1.95. The topological polar surface area (TPSA) is 69.1 Å². The highest BCUT2D eigenvalue weighted by Gasteiger charge is 2.01. The van der Waals surface area contributed by atoms with Crippen molar-refractivity contribution < 1.29 is 4.79 Å². The zero-order valence-electron chi connectivity index (χ0n) is 5.37. The van der Waals surface area contributed by atoms with Crippen LogP contribution in [0.2, 0.25) is 0 Å². The average molecular weight is 142 g/mol. The molecule has 0 aliphatic heterocycles. The molecule has 1 aromatic rings. The number of amides is 1. The molecule has 3 nitrogen and oxygen atoms in total. The minimum absolute atomic E-state index is 0.377. The Kier molecular flexibility index (Phi) is 1.58. The molecular weight excluding hydrogens is 134 g/mol. The number of para-hydroxylation sites is 1. The van der Waals surface area contributed by atoms with Gasteiger partial charge in [-0.1, -0.05) is 12.1 Å². The van der Waals surface area contributed by atoms with Crippen molar-refractivity contribution in [1.82, 2.24) is 0 Å². The molecule has 0 radical (unpaired) electrons. The standard InChI is InChI=1S/C7H8N2O/c8-6-4-2-1-3-5(6)7(9)10/h1-4H,8H2,(H2,9,10)/i1+1,2+1,3+1,4+1,5+1,6+1. The first-order valence-electron chi connectivity index (χ1n) is 2.86. The van der Waals surface area contributed by atoms with Gasteiger partial charge in [0.2, 0.25) is 0 Å². The lowest BCUT2D eigenvalue weighted by atomic mass is 10.8. The molecule has 1 rings (SSSR count). The van der Waals surface area contributed by atoms with Gasteiger partial charge in [0.1, 0.15) is 0 Å². The molecule has 0 unspecified atom stereocenters. The summed E-state index contributed by atoms with van der Waals surface area (Å²) < 4.78 is 0. The molecule has 0 atom stereocenters. The molecule has 52 valence electrons. The van der Waals surface area contributed by atoms with Crippen LogP contribution in [-0.2, 0) is 0 Å². The molecule has 3 heteroatoms. The van der Waals surface area contributed by atoms with Crippen molar-refractivity contribution in [2.24, 2.45) is 5.73 Å². The first-order valence-corrected chi connectivity index (χ1v) is 2.86. The zero-order valence-corrected chi connectivity index (χ0v) is 5.37. The molecular formula is C7H8N2O. The number of primary amides is 1.